The van der Waals surface area contributed by atoms with E-state index in [0.717, 1.165) is 16.9 Å². The average Bonchev–Trinajstić information content (AvgIpc) is 2.38. The third-order valence-corrected chi connectivity index (χ3v) is 3.13. The molecule has 2 aromatic rings. The number of rotatable bonds is 3. The summed E-state index contributed by atoms with van der Waals surface area (Å²) in [6.45, 7) is 2.03. The van der Waals surface area contributed by atoms with Crippen LogP contribution in [-0.2, 0) is 0 Å². The highest BCUT2D eigenvalue weighted by molar-refractivity contribution is 5.94. The number of para-hydroxylation sites is 1. The summed E-state index contributed by atoms with van der Waals surface area (Å²) in [5, 5.41) is 8.96. The average molecular weight is 256 g/mol. The van der Waals surface area contributed by atoms with E-state index in [0.29, 0.717) is 0 Å². The van der Waals surface area contributed by atoms with Crippen LogP contribution in [0.1, 0.15) is 15.9 Å². The van der Waals surface area contributed by atoms with Crippen LogP contribution in [0.2, 0.25) is 0 Å². The number of benzene rings is 2. The molecule has 0 amide bonds. The summed E-state index contributed by atoms with van der Waals surface area (Å²) in [7, 11) is 1.93. The minimum Gasteiger partial charge on any atom is -0.478 e. The molecule has 2 aromatic carbocycles. The maximum atomic E-state index is 10.9. The highest BCUT2D eigenvalue weighted by Crippen LogP contribution is 2.28. The van der Waals surface area contributed by atoms with Crippen molar-refractivity contribution in [3.8, 4) is 0 Å². The molecule has 0 unspecified atom stereocenters. The van der Waals surface area contributed by atoms with Crippen LogP contribution in [0.3, 0.4) is 0 Å². The molecule has 98 valence electrons. The first-order valence-electron chi connectivity index (χ1n) is 5.93. The number of carboxylic acid groups (broad SMARTS) is 1. The lowest BCUT2D eigenvalue weighted by molar-refractivity contribution is 0.0698. The summed E-state index contributed by atoms with van der Waals surface area (Å²) in [5.41, 5.74) is 9.23. The fourth-order valence-corrected chi connectivity index (χ4v) is 2.03. The van der Waals surface area contributed by atoms with E-state index in [4.69, 9.17) is 10.8 Å². The van der Waals surface area contributed by atoms with Crippen LogP contribution in [-0.4, -0.2) is 18.1 Å². The van der Waals surface area contributed by atoms with E-state index < -0.39 is 5.97 Å². The van der Waals surface area contributed by atoms with E-state index in [-0.39, 0.29) is 11.3 Å². The molecule has 0 spiro atoms. The number of anilines is 3. The normalized spacial score (nSPS) is 10.2. The summed E-state index contributed by atoms with van der Waals surface area (Å²) in [6.07, 6.45) is 0. The van der Waals surface area contributed by atoms with Crippen molar-refractivity contribution in [2.75, 3.05) is 17.7 Å². The minimum atomic E-state index is -1.01. The summed E-state index contributed by atoms with van der Waals surface area (Å²) in [6, 6.07) is 12.9. The zero-order valence-electron chi connectivity index (χ0n) is 10.9. The molecule has 4 heteroatoms. The van der Waals surface area contributed by atoms with E-state index in [9.17, 15) is 4.79 Å². The molecule has 0 aliphatic carbocycles. The number of nitrogens with two attached hydrogens (primary N) is 1. The first kappa shape index (κ1) is 13.0. The lowest BCUT2D eigenvalue weighted by Crippen LogP contribution is -2.12. The van der Waals surface area contributed by atoms with Crippen molar-refractivity contribution in [2.24, 2.45) is 0 Å². The smallest absolute Gasteiger partial charge is 0.337 e. The molecular weight excluding hydrogens is 240 g/mol. The van der Waals surface area contributed by atoms with Crippen LogP contribution in [0.15, 0.2) is 42.5 Å². The Morgan fingerprint density at radius 1 is 1.21 bits per heavy atom. The van der Waals surface area contributed by atoms with Crippen molar-refractivity contribution in [1.29, 1.82) is 0 Å². The number of carbonyl (C=O) groups is 1. The maximum absolute atomic E-state index is 10.9. The molecule has 0 aliphatic heterocycles. The first-order valence-corrected chi connectivity index (χ1v) is 5.93. The van der Waals surface area contributed by atoms with Crippen LogP contribution >= 0.6 is 0 Å². The van der Waals surface area contributed by atoms with E-state index in [1.807, 2.05) is 43.1 Å². The molecule has 19 heavy (non-hydrogen) atoms. The third-order valence-electron chi connectivity index (χ3n) is 3.13. The van der Waals surface area contributed by atoms with E-state index >= 15 is 0 Å². The summed E-state index contributed by atoms with van der Waals surface area (Å²) >= 11 is 0. The lowest BCUT2D eigenvalue weighted by Gasteiger charge is -2.22. The molecule has 0 aliphatic rings. The molecule has 0 aromatic heterocycles. The second-order valence-corrected chi connectivity index (χ2v) is 4.42. The van der Waals surface area contributed by atoms with Gasteiger partial charge in [-0.25, -0.2) is 4.79 Å². The molecule has 2 rings (SSSR count). The Bertz CT molecular complexity index is 623. The van der Waals surface area contributed by atoms with E-state index in [1.165, 1.54) is 6.07 Å². The quantitative estimate of drug-likeness (QED) is 0.828. The molecule has 0 fully saturated rings. The summed E-state index contributed by atoms with van der Waals surface area (Å²) in [5.74, 6) is -1.01. The topological polar surface area (TPSA) is 66.6 Å². The largest absolute Gasteiger partial charge is 0.478 e. The Labute approximate surface area is 112 Å². The van der Waals surface area contributed by atoms with Crippen molar-refractivity contribution in [1.82, 2.24) is 0 Å². The number of carboxylic acids is 1. The van der Waals surface area contributed by atoms with Gasteiger partial charge in [0.15, 0.2) is 0 Å². The zero-order chi connectivity index (χ0) is 14.0. The molecule has 0 saturated heterocycles. The zero-order valence-corrected chi connectivity index (χ0v) is 10.9. The Hall–Kier alpha value is -2.49. The monoisotopic (exact) mass is 256 g/mol. The highest BCUT2D eigenvalue weighted by atomic mass is 16.4. The Balaban J connectivity index is 2.40. The van der Waals surface area contributed by atoms with Gasteiger partial charge in [0.25, 0.3) is 0 Å². The first-order chi connectivity index (χ1) is 9.00. The number of aryl methyl sites for hydroxylation is 1. The highest BCUT2D eigenvalue weighted by Gasteiger charge is 2.11. The number of aromatic carboxylic acids is 1. The number of hydrogen-bond acceptors (Lipinski definition) is 3. The molecule has 0 radical (unpaired) electrons. The number of hydrogen-bond donors (Lipinski definition) is 2. The van der Waals surface area contributed by atoms with Crippen molar-refractivity contribution in [3.05, 3.63) is 53.6 Å². The minimum absolute atomic E-state index is 0.127. The molecular formula is C15H16N2O2. The molecule has 0 bridgehead atoms. The Kier molecular flexibility index (Phi) is 3.42. The van der Waals surface area contributed by atoms with Crippen molar-refractivity contribution in [2.45, 2.75) is 6.92 Å². The van der Waals surface area contributed by atoms with Gasteiger partial charge >= 0.3 is 5.97 Å². The molecule has 0 atom stereocenters. The van der Waals surface area contributed by atoms with Gasteiger partial charge in [-0.05, 0) is 36.8 Å². The van der Waals surface area contributed by atoms with Gasteiger partial charge in [0.05, 0.1) is 5.56 Å². The van der Waals surface area contributed by atoms with Crippen molar-refractivity contribution >= 4 is 23.0 Å². The van der Waals surface area contributed by atoms with Crippen LogP contribution in [0.5, 0.6) is 0 Å². The fourth-order valence-electron chi connectivity index (χ4n) is 2.03. The standard InChI is InChI=1S/C15H16N2O2/c1-10-5-3-4-6-14(10)17(2)11-7-8-12(15(18)19)13(16)9-11/h3-9H,16H2,1-2H3,(H,18,19). The van der Waals surface area contributed by atoms with Crippen molar-refractivity contribution < 1.29 is 9.90 Å². The van der Waals surface area contributed by atoms with E-state index in [1.54, 1.807) is 12.1 Å². The summed E-state index contributed by atoms with van der Waals surface area (Å²) in [4.78, 5) is 12.9. The second-order valence-electron chi connectivity index (χ2n) is 4.42. The van der Waals surface area contributed by atoms with Crippen LogP contribution < -0.4 is 10.6 Å². The third kappa shape index (κ3) is 2.52. The maximum Gasteiger partial charge on any atom is 0.337 e. The SMILES string of the molecule is Cc1ccccc1N(C)c1ccc(C(=O)O)c(N)c1. The Morgan fingerprint density at radius 2 is 1.89 bits per heavy atom. The van der Waals surface area contributed by atoms with Gasteiger partial charge < -0.3 is 15.7 Å². The predicted octanol–water partition coefficient (Wildman–Crippen LogP) is 3.04. The number of nitrogen functional groups attached to an aromatic ring is 1. The van der Waals surface area contributed by atoms with Gasteiger partial charge in [0.2, 0.25) is 0 Å². The molecule has 4 nitrogen and oxygen atoms in total. The second kappa shape index (κ2) is 5.02. The number of nitrogens with zero attached hydrogens (tertiary/aromatic N) is 1. The molecule has 0 saturated carbocycles. The van der Waals surface area contributed by atoms with Crippen LogP contribution in [0, 0.1) is 6.92 Å². The molecule has 0 heterocycles. The van der Waals surface area contributed by atoms with Gasteiger partial charge in [0, 0.05) is 24.1 Å². The van der Waals surface area contributed by atoms with Crippen LogP contribution in [0.4, 0.5) is 17.1 Å². The van der Waals surface area contributed by atoms with E-state index in [2.05, 4.69) is 0 Å². The van der Waals surface area contributed by atoms with Gasteiger partial charge in [-0.2, -0.15) is 0 Å². The molecule has 3 N–H and O–H groups in total. The van der Waals surface area contributed by atoms with Gasteiger partial charge in [-0.15, -0.1) is 0 Å². The Morgan fingerprint density at radius 3 is 2.47 bits per heavy atom. The van der Waals surface area contributed by atoms with Crippen molar-refractivity contribution in [3.63, 3.8) is 0 Å². The predicted molar refractivity (Wildman–Crippen MR) is 77.1 cm³/mol. The lowest BCUT2D eigenvalue weighted by atomic mass is 10.1. The van der Waals surface area contributed by atoms with Gasteiger partial charge in [-0.3, -0.25) is 0 Å². The summed E-state index contributed by atoms with van der Waals surface area (Å²) < 4.78 is 0. The fraction of sp³-hybridized carbons (Fsp3) is 0.133. The van der Waals surface area contributed by atoms with Crippen LogP contribution in [0.25, 0.3) is 0 Å². The van der Waals surface area contributed by atoms with Gasteiger partial charge in [0.1, 0.15) is 0 Å². The van der Waals surface area contributed by atoms with Gasteiger partial charge in [-0.1, -0.05) is 18.2 Å².